The van der Waals surface area contributed by atoms with E-state index in [0.717, 1.165) is 55.8 Å². The number of fused-ring (bicyclic) bond motifs is 2. The Morgan fingerprint density at radius 2 is 0.759 bits per heavy atom. The highest BCUT2D eigenvalue weighted by atomic mass is 32.1. The van der Waals surface area contributed by atoms with E-state index in [-0.39, 0.29) is 0 Å². The minimum absolute atomic E-state index is 0.858. The first kappa shape index (κ1) is 32.1. The summed E-state index contributed by atoms with van der Waals surface area (Å²) in [7, 11) is 0. The number of rotatable bonds is 7. The van der Waals surface area contributed by atoms with Gasteiger partial charge >= 0.3 is 0 Å². The normalized spacial score (nSPS) is 11.3. The van der Waals surface area contributed by atoms with Gasteiger partial charge in [0.15, 0.2) is 0 Å². The molecule has 254 valence electrons. The average molecular weight is 727 g/mol. The van der Waals surface area contributed by atoms with E-state index in [4.69, 9.17) is 9.97 Å². The molecule has 4 heterocycles. The smallest absolute Gasteiger partial charge is 0.0995 e. The van der Waals surface area contributed by atoms with Crippen molar-refractivity contribution in [2.45, 2.75) is 0 Å². The van der Waals surface area contributed by atoms with Crippen LogP contribution in [-0.2, 0) is 0 Å². The van der Waals surface area contributed by atoms with Crippen LogP contribution < -0.4 is 0 Å². The molecule has 0 fully saturated rings. The first-order valence-corrected chi connectivity index (χ1v) is 19.6. The summed E-state index contributed by atoms with van der Waals surface area (Å²) >= 11 is 3.16. The van der Waals surface area contributed by atoms with E-state index in [9.17, 15) is 0 Å². The van der Waals surface area contributed by atoms with Gasteiger partial charge in [-0.3, -0.25) is 9.97 Å². The van der Waals surface area contributed by atoms with Gasteiger partial charge in [0.05, 0.1) is 33.8 Å². The van der Waals surface area contributed by atoms with Gasteiger partial charge in [0.2, 0.25) is 0 Å². The van der Waals surface area contributed by atoms with Gasteiger partial charge in [-0.05, 0) is 126 Å². The van der Waals surface area contributed by atoms with Crippen molar-refractivity contribution < 1.29 is 0 Å². The van der Waals surface area contributed by atoms with Gasteiger partial charge in [-0.15, -0.1) is 22.7 Å². The van der Waals surface area contributed by atoms with Crippen molar-refractivity contribution in [1.82, 2.24) is 19.9 Å². The van der Waals surface area contributed by atoms with Crippen molar-refractivity contribution in [2.75, 3.05) is 0 Å². The second-order valence-electron chi connectivity index (χ2n) is 13.2. The quantitative estimate of drug-likeness (QED) is 0.153. The molecule has 4 aromatic heterocycles. The van der Waals surface area contributed by atoms with Crippen LogP contribution in [0, 0.1) is 0 Å². The minimum atomic E-state index is 0.858. The van der Waals surface area contributed by atoms with Crippen LogP contribution in [-0.4, -0.2) is 19.9 Å². The van der Waals surface area contributed by atoms with Gasteiger partial charge < -0.3 is 0 Å². The molecule has 0 aliphatic carbocycles. The molecule has 0 atom stereocenters. The van der Waals surface area contributed by atoms with Crippen molar-refractivity contribution in [3.05, 3.63) is 180 Å². The van der Waals surface area contributed by atoms with E-state index >= 15 is 0 Å². The molecule has 6 aromatic carbocycles. The third-order valence-corrected chi connectivity index (χ3v) is 11.2. The van der Waals surface area contributed by atoms with Crippen molar-refractivity contribution >= 4 is 44.2 Å². The third kappa shape index (κ3) is 5.88. The van der Waals surface area contributed by atoms with Gasteiger partial charge in [-0.1, -0.05) is 97.1 Å². The SMILES string of the molecule is c1ccc(-c2cc(-c3ccccc3)cc(-c3ccc4c(-c5ccnc(-c6cscn6)c5)c5ccccc5c(-c5ccnc(-c6cscn6)c5)c4c3)c2)cc1. The molecule has 0 spiro atoms. The van der Waals surface area contributed by atoms with E-state index < -0.39 is 0 Å². The highest BCUT2D eigenvalue weighted by Gasteiger charge is 2.20. The predicted octanol–water partition coefficient (Wildman–Crippen LogP) is 13.4. The van der Waals surface area contributed by atoms with Crippen LogP contribution >= 0.6 is 22.7 Å². The molecule has 0 aliphatic rings. The summed E-state index contributed by atoms with van der Waals surface area (Å²) in [5.74, 6) is 0. The van der Waals surface area contributed by atoms with Crippen molar-refractivity contribution in [3.8, 4) is 78.4 Å². The van der Waals surface area contributed by atoms with Crippen LogP contribution in [0.3, 0.4) is 0 Å². The number of thiazole rings is 2. The number of hydrogen-bond acceptors (Lipinski definition) is 6. The van der Waals surface area contributed by atoms with Crippen LogP contribution in [0.1, 0.15) is 0 Å². The Labute approximate surface area is 320 Å². The number of pyridine rings is 2. The molecular weight excluding hydrogens is 697 g/mol. The van der Waals surface area contributed by atoms with Crippen LogP contribution in [0.2, 0.25) is 0 Å². The molecule has 4 nitrogen and oxygen atoms in total. The molecule has 10 aromatic rings. The standard InChI is InChI=1S/C48H30N4S2/c1-3-9-31(10-4-1)36-21-37(32-11-5-2-6-12-32)23-38(22-36)33-15-16-41-42(24-33)48(35-18-20-50-44(26-35)46-28-54-30-52-46)40-14-8-7-13-39(40)47(41)34-17-19-49-43(25-34)45-27-53-29-51-45/h1-30H. The van der Waals surface area contributed by atoms with Gasteiger partial charge in [0.25, 0.3) is 0 Å². The van der Waals surface area contributed by atoms with E-state index in [2.05, 4.69) is 161 Å². The second-order valence-corrected chi connectivity index (χ2v) is 14.6. The molecule has 10 rings (SSSR count). The molecule has 0 saturated heterocycles. The molecule has 0 radical (unpaired) electrons. The van der Waals surface area contributed by atoms with E-state index in [1.807, 2.05) is 28.8 Å². The summed E-state index contributed by atoms with van der Waals surface area (Å²) in [5, 5.41) is 8.77. The molecule has 6 heteroatoms. The van der Waals surface area contributed by atoms with Gasteiger partial charge in [0, 0.05) is 23.2 Å². The van der Waals surface area contributed by atoms with Crippen LogP contribution in [0.15, 0.2) is 180 Å². The summed E-state index contributed by atoms with van der Waals surface area (Å²) in [6.07, 6.45) is 3.80. The highest BCUT2D eigenvalue weighted by molar-refractivity contribution is 7.08. The lowest BCUT2D eigenvalue weighted by molar-refractivity contribution is 1.28. The maximum Gasteiger partial charge on any atom is 0.0995 e. The Bertz CT molecular complexity index is 2860. The van der Waals surface area contributed by atoms with Crippen LogP contribution in [0.5, 0.6) is 0 Å². The Morgan fingerprint density at radius 1 is 0.296 bits per heavy atom. The molecule has 54 heavy (non-hydrogen) atoms. The summed E-state index contributed by atoms with van der Waals surface area (Å²) < 4.78 is 0. The van der Waals surface area contributed by atoms with E-state index in [1.165, 1.54) is 44.2 Å². The Morgan fingerprint density at radius 3 is 1.26 bits per heavy atom. The summed E-state index contributed by atoms with van der Waals surface area (Å²) in [4.78, 5) is 18.6. The van der Waals surface area contributed by atoms with Gasteiger partial charge in [0.1, 0.15) is 0 Å². The monoisotopic (exact) mass is 726 g/mol. The molecule has 0 amide bonds. The Balaban J connectivity index is 1.27. The summed E-state index contributed by atoms with van der Waals surface area (Å²) in [6.45, 7) is 0. The summed E-state index contributed by atoms with van der Waals surface area (Å²) in [5.41, 5.74) is 18.8. The third-order valence-electron chi connectivity index (χ3n) is 9.99. The fourth-order valence-corrected chi connectivity index (χ4v) is 8.59. The Kier molecular flexibility index (Phi) is 8.17. The predicted molar refractivity (Wildman–Crippen MR) is 226 cm³/mol. The number of benzene rings is 6. The van der Waals surface area contributed by atoms with E-state index in [0.29, 0.717) is 0 Å². The molecule has 0 unspecified atom stereocenters. The lowest BCUT2D eigenvalue weighted by Gasteiger charge is -2.19. The maximum absolute atomic E-state index is 4.74. The molecular formula is C48H30N4S2. The van der Waals surface area contributed by atoms with Crippen molar-refractivity contribution in [1.29, 1.82) is 0 Å². The van der Waals surface area contributed by atoms with Crippen LogP contribution in [0.25, 0.3) is 100.0 Å². The highest BCUT2D eigenvalue weighted by Crippen LogP contribution is 2.46. The zero-order valence-corrected chi connectivity index (χ0v) is 30.6. The largest absolute Gasteiger partial charge is 0.255 e. The summed E-state index contributed by atoms with van der Waals surface area (Å²) in [6, 6.07) is 52.5. The molecule has 0 aliphatic heterocycles. The van der Waals surface area contributed by atoms with Crippen LogP contribution in [0.4, 0.5) is 0 Å². The van der Waals surface area contributed by atoms with Crippen molar-refractivity contribution in [2.24, 2.45) is 0 Å². The fourth-order valence-electron chi connectivity index (χ4n) is 7.50. The van der Waals surface area contributed by atoms with Crippen molar-refractivity contribution in [3.63, 3.8) is 0 Å². The van der Waals surface area contributed by atoms with Gasteiger partial charge in [-0.2, -0.15) is 0 Å². The lowest BCUT2D eigenvalue weighted by atomic mass is 9.84. The number of hydrogen-bond donors (Lipinski definition) is 0. The van der Waals surface area contributed by atoms with Gasteiger partial charge in [-0.25, -0.2) is 9.97 Å². The zero-order valence-electron chi connectivity index (χ0n) is 28.9. The number of nitrogens with zero attached hydrogens (tertiary/aromatic N) is 4. The molecule has 0 saturated carbocycles. The van der Waals surface area contributed by atoms with E-state index in [1.54, 1.807) is 22.7 Å². The average Bonchev–Trinajstić information content (AvgIpc) is 4.00. The lowest BCUT2D eigenvalue weighted by Crippen LogP contribution is -1.94. The Hall–Kier alpha value is -6.60. The zero-order chi connectivity index (χ0) is 35.8. The second kappa shape index (κ2) is 13.7. The maximum atomic E-state index is 4.74. The minimum Gasteiger partial charge on any atom is -0.255 e. The molecule has 0 bridgehead atoms. The molecule has 0 N–H and O–H groups in total. The number of aromatic nitrogens is 4. The topological polar surface area (TPSA) is 51.6 Å². The first-order chi connectivity index (χ1) is 26.8. The fraction of sp³-hybridized carbons (Fsp3) is 0. The first-order valence-electron chi connectivity index (χ1n) is 17.7.